The molecule has 0 aliphatic carbocycles. The number of nitrogens with one attached hydrogen (secondary N) is 1. The first-order chi connectivity index (χ1) is 12.2. The van der Waals surface area contributed by atoms with Gasteiger partial charge in [0.25, 0.3) is 5.91 Å². The van der Waals surface area contributed by atoms with Crippen molar-refractivity contribution in [3.63, 3.8) is 0 Å². The lowest BCUT2D eigenvalue weighted by Gasteiger charge is -2.15. The van der Waals surface area contributed by atoms with Gasteiger partial charge in [-0.05, 0) is 41.5 Å². The number of hydrogen-bond donors (Lipinski definition) is 2. The molecule has 1 heterocycles. The number of hydrogen-bond acceptors (Lipinski definition) is 4. The minimum atomic E-state index is -0.202. The number of rotatable bonds is 6. The number of aliphatic hydroxyl groups is 1. The highest BCUT2D eigenvalue weighted by molar-refractivity contribution is 5.83. The van der Waals surface area contributed by atoms with Crippen molar-refractivity contribution in [2.75, 3.05) is 6.61 Å². The third-order valence-electron chi connectivity index (χ3n) is 3.98. The zero-order valence-electron chi connectivity index (χ0n) is 14.0. The Kier molecular flexibility index (Phi) is 5.26. The summed E-state index contributed by atoms with van der Waals surface area (Å²) in [6.07, 6.45) is 1.49. The van der Waals surface area contributed by atoms with E-state index in [-0.39, 0.29) is 25.2 Å². The second-order valence-electron chi connectivity index (χ2n) is 5.83. The average Bonchev–Trinajstić information content (AvgIpc) is 2.66. The largest absolute Gasteiger partial charge is 0.482 e. The number of nitrogens with zero attached hydrogens (tertiary/aromatic N) is 1. The molecule has 0 saturated heterocycles. The second kappa shape index (κ2) is 7.77. The third kappa shape index (κ3) is 4.33. The monoisotopic (exact) mass is 336 g/mol. The van der Waals surface area contributed by atoms with Crippen LogP contribution in [0.4, 0.5) is 0 Å². The first kappa shape index (κ1) is 16.9. The number of carbonyl (C=O) groups excluding carboxylic acids is 1. The molecule has 2 aromatic carbocycles. The van der Waals surface area contributed by atoms with Gasteiger partial charge in [-0.2, -0.15) is 0 Å². The number of benzene rings is 2. The van der Waals surface area contributed by atoms with Crippen LogP contribution in [0.1, 0.15) is 24.2 Å². The van der Waals surface area contributed by atoms with Gasteiger partial charge in [0.15, 0.2) is 6.61 Å². The quantitative estimate of drug-likeness (QED) is 0.726. The maximum atomic E-state index is 12.1. The fraction of sp³-hybridized carbons (Fsp3) is 0.200. The molecule has 2 N–H and O–H groups in total. The van der Waals surface area contributed by atoms with Crippen molar-refractivity contribution in [3.05, 3.63) is 72.1 Å². The van der Waals surface area contributed by atoms with Crippen LogP contribution in [0, 0.1) is 0 Å². The van der Waals surface area contributed by atoms with Crippen LogP contribution in [-0.4, -0.2) is 22.6 Å². The molecule has 1 atom stereocenters. The highest BCUT2D eigenvalue weighted by Gasteiger charge is 2.11. The van der Waals surface area contributed by atoms with E-state index in [0.29, 0.717) is 11.4 Å². The Bertz CT molecular complexity index is 862. The summed E-state index contributed by atoms with van der Waals surface area (Å²) in [6.45, 7) is 1.74. The van der Waals surface area contributed by atoms with Crippen molar-refractivity contribution in [2.24, 2.45) is 0 Å². The Morgan fingerprint density at radius 1 is 1.16 bits per heavy atom. The van der Waals surface area contributed by atoms with Crippen molar-refractivity contribution >= 4 is 16.7 Å². The van der Waals surface area contributed by atoms with Gasteiger partial charge >= 0.3 is 0 Å². The van der Waals surface area contributed by atoms with Crippen molar-refractivity contribution in [2.45, 2.75) is 19.6 Å². The van der Waals surface area contributed by atoms with E-state index in [0.717, 1.165) is 10.9 Å². The highest BCUT2D eigenvalue weighted by Crippen LogP contribution is 2.20. The highest BCUT2D eigenvalue weighted by atomic mass is 16.5. The van der Waals surface area contributed by atoms with Crippen LogP contribution in [0.25, 0.3) is 10.8 Å². The predicted octanol–water partition coefficient (Wildman–Crippen LogP) is 2.98. The minimum Gasteiger partial charge on any atom is -0.482 e. The molecule has 0 bridgehead atoms. The summed E-state index contributed by atoms with van der Waals surface area (Å²) in [6, 6.07) is 17.5. The van der Waals surface area contributed by atoms with Gasteiger partial charge < -0.3 is 15.2 Å². The lowest BCUT2D eigenvalue weighted by molar-refractivity contribution is -0.123. The minimum absolute atomic E-state index is 0.0852. The van der Waals surface area contributed by atoms with E-state index in [1.54, 1.807) is 12.1 Å². The molecule has 128 valence electrons. The molecule has 0 aliphatic rings. The predicted molar refractivity (Wildman–Crippen MR) is 96.2 cm³/mol. The number of pyridine rings is 1. The van der Waals surface area contributed by atoms with Gasteiger partial charge in [-0.25, -0.2) is 0 Å². The summed E-state index contributed by atoms with van der Waals surface area (Å²) in [5, 5.41) is 14.2. The second-order valence-corrected chi connectivity index (χ2v) is 5.83. The maximum Gasteiger partial charge on any atom is 0.258 e. The van der Waals surface area contributed by atoms with E-state index >= 15 is 0 Å². The van der Waals surface area contributed by atoms with Crippen LogP contribution in [0.5, 0.6) is 5.75 Å². The van der Waals surface area contributed by atoms with E-state index in [1.807, 2.05) is 25.1 Å². The van der Waals surface area contributed by atoms with Gasteiger partial charge in [0.1, 0.15) is 5.75 Å². The molecule has 3 rings (SSSR count). The smallest absolute Gasteiger partial charge is 0.258 e. The molecule has 1 aromatic heterocycles. The lowest BCUT2D eigenvalue weighted by Crippen LogP contribution is -2.31. The number of amides is 1. The summed E-state index contributed by atoms with van der Waals surface area (Å²) in [5.41, 5.74) is 1.60. The Morgan fingerprint density at radius 2 is 1.96 bits per heavy atom. The molecule has 3 aromatic rings. The van der Waals surface area contributed by atoms with Crippen molar-refractivity contribution in [1.82, 2.24) is 10.3 Å². The zero-order chi connectivity index (χ0) is 17.6. The molecular formula is C20H20N2O3. The number of carbonyl (C=O) groups is 1. The van der Waals surface area contributed by atoms with Gasteiger partial charge in [-0.3, -0.25) is 9.78 Å². The average molecular weight is 336 g/mol. The SMILES string of the molecule is CC(NC(=O)COc1ccc(CO)nc1)c1ccc2ccccc2c1. The molecule has 5 nitrogen and oxygen atoms in total. The fourth-order valence-electron chi connectivity index (χ4n) is 2.58. The van der Waals surface area contributed by atoms with Gasteiger partial charge in [-0.1, -0.05) is 36.4 Å². The van der Waals surface area contributed by atoms with E-state index in [9.17, 15) is 4.79 Å². The van der Waals surface area contributed by atoms with Crippen LogP contribution < -0.4 is 10.1 Å². The molecular weight excluding hydrogens is 316 g/mol. The summed E-state index contributed by atoms with van der Waals surface area (Å²) >= 11 is 0. The number of aliphatic hydroxyl groups excluding tert-OH is 1. The molecule has 0 saturated carbocycles. The maximum absolute atomic E-state index is 12.1. The summed E-state index contributed by atoms with van der Waals surface area (Å²) in [5.74, 6) is 0.289. The Morgan fingerprint density at radius 3 is 2.68 bits per heavy atom. The van der Waals surface area contributed by atoms with Crippen LogP contribution in [0.3, 0.4) is 0 Å². The van der Waals surface area contributed by atoms with Crippen LogP contribution in [0.15, 0.2) is 60.8 Å². The Hall–Kier alpha value is -2.92. The Labute approximate surface area is 146 Å². The van der Waals surface area contributed by atoms with E-state index < -0.39 is 0 Å². The van der Waals surface area contributed by atoms with Gasteiger partial charge in [-0.15, -0.1) is 0 Å². The molecule has 0 spiro atoms. The summed E-state index contributed by atoms with van der Waals surface area (Å²) in [4.78, 5) is 16.1. The molecule has 1 unspecified atom stereocenters. The first-order valence-electron chi connectivity index (χ1n) is 8.12. The molecule has 0 radical (unpaired) electrons. The summed E-state index contributed by atoms with van der Waals surface area (Å²) in [7, 11) is 0. The number of ether oxygens (including phenoxy) is 1. The Balaban J connectivity index is 1.57. The molecule has 0 aliphatic heterocycles. The van der Waals surface area contributed by atoms with Crippen LogP contribution >= 0.6 is 0 Å². The number of fused-ring (bicyclic) bond motifs is 1. The fourth-order valence-corrected chi connectivity index (χ4v) is 2.58. The van der Waals surface area contributed by atoms with Gasteiger partial charge in [0.2, 0.25) is 0 Å². The third-order valence-corrected chi connectivity index (χ3v) is 3.98. The van der Waals surface area contributed by atoms with E-state index in [2.05, 4.69) is 34.6 Å². The van der Waals surface area contributed by atoms with Crippen molar-refractivity contribution < 1.29 is 14.6 Å². The topological polar surface area (TPSA) is 71.5 Å². The van der Waals surface area contributed by atoms with Crippen LogP contribution in [-0.2, 0) is 11.4 Å². The molecule has 1 amide bonds. The van der Waals surface area contributed by atoms with Crippen molar-refractivity contribution in [3.8, 4) is 5.75 Å². The number of aromatic nitrogens is 1. The first-order valence-corrected chi connectivity index (χ1v) is 8.12. The summed E-state index contributed by atoms with van der Waals surface area (Å²) < 4.78 is 5.42. The van der Waals surface area contributed by atoms with E-state index in [1.165, 1.54) is 11.6 Å². The normalized spacial score (nSPS) is 11.9. The molecule has 25 heavy (non-hydrogen) atoms. The standard InChI is InChI=1S/C20H20N2O3/c1-14(16-7-6-15-4-2-3-5-17(15)10-16)22-20(24)13-25-19-9-8-18(12-23)21-11-19/h2-11,14,23H,12-13H2,1H3,(H,22,24). The zero-order valence-corrected chi connectivity index (χ0v) is 14.0. The van der Waals surface area contributed by atoms with Crippen molar-refractivity contribution in [1.29, 1.82) is 0 Å². The molecule has 0 fully saturated rings. The molecule has 5 heteroatoms. The van der Waals surface area contributed by atoms with Gasteiger partial charge in [0.05, 0.1) is 24.5 Å². The van der Waals surface area contributed by atoms with E-state index in [4.69, 9.17) is 9.84 Å². The van der Waals surface area contributed by atoms with Gasteiger partial charge in [0, 0.05) is 0 Å². The van der Waals surface area contributed by atoms with Crippen LogP contribution in [0.2, 0.25) is 0 Å². The lowest BCUT2D eigenvalue weighted by atomic mass is 10.0.